The minimum Gasteiger partial charge on any atom is -0.489 e. The Kier molecular flexibility index (Phi) is 5.75. The lowest BCUT2D eigenvalue weighted by atomic mass is 10.0. The van der Waals surface area contributed by atoms with Gasteiger partial charge in [0.1, 0.15) is 23.9 Å². The fourth-order valence-electron chi connectivity index (χ4n) is 2.92. The number of halogens is 1. The average molecular weight is 378 g/mol. The first kappa shape index (κ1) is 19.2. The van der Waals surface area contributed by atoms with Crippen LogP contribution in [0.1, 0.15) is 23.0 Å². The molecule has 28 heavy (non-hydrogen) atoms. The van der Waals surface area contributed by atoms with Gasteiger partial charge in [0.2, 0.25) is 5.69 Å². The molecule has 2 aromatic carbocycles. The van der Waals surface area contributed by atoms with Crippen LogP contribution in [0.5, 0.6) is 5.75 Å². The number of esters is 1. The van der Waals surface area contributed by atoms with Gasteiger partial charge in [-0.3, -0.25) is 0 Å². The molecule has 0 unspecified atom stereocenters. The number of carbonyl (C=O) groups excluding carboxylic acids is 1. The van der Waals surface area contributed by atoms with Crippen LogP contribution in [0.15, 0.2) is 54.7 Å². The van der Waals surface area contributed by atoms with Gasteiger partial charge in [-0.05, 0) is 30.7 Å². The van der Waals surface area contributed by atoms with E-state index in [0.717, 1.165) is 0 Å². The molecule has 0 fully saturated rings. The van der Waals surface area contributed by atoms with Crippen molar-refractivity contribution in [2.45, 2.75) is 13.5 Å². The van der Waals surface area contributed by atoms with E-state index in [9.17, 15) is 9.18 Å². The third-order valence-corrected chi connectivity index (χ3v) is 4.25. The number of aryl methyl sites for hydroxylation is 1. The van der Waals surface area contributed by atoms with Crippen LogP contribution in [-0.2, 0) is 18.4 Å². The van der Waals surface area contributed by atoms with Crippen molar-refractivity contribution in [3.63, 3.8) is 0 Å². The molecule has 0 aliphatic rings. The molecule has 0 amide bonds. The van der Waals surface area contributed by atoms with Gasteiger partial charge in [-0.1, -0.05) is 30.3 Å². The summed E-state index contributed by atoms with van der Waals surface area (Å²) in [5.74, 6) is -0.232. The van der Waals surface area contributed by atoms with Gasteiger partial charge in [0.25, 0.3) is 0 Å². The van der Waals surface area contributed by atoms with Crippen LogP contribution in [0.2, 0.25) is 0 Å². The van der Waals surface area contributed by atoms with Crippen LogP contribution in [-0.4, -0.2) is 17.1 Å². The zero-order chi connectivity index (χ0) is 20.1. The van der Waals surface area contributed by atoms with Crippen LogP contribution in [0.3, 0.4) is 0 Å². The number of rotatable bonds is 6. The van der Waals surface area contributed by atoms with Crippen LogP contribution in [0.4, 0.5) is 10.1 Å². The Morgan fingerprint density at radius 3 is 2.54 bits per heavy atom. The summed E-state index contributed by atoms with van der Waals surface area (Å²) in [5, 5.41) is 0. The maximum absolute atomic E-state index is 13.7. The van der Waals surface area contributed by atoms with Gasteiger partial charge in [0.15, 0.2) is 0 Å². The Bertz CT molecular complexity index is 1030. The van der Waals surface area contributed by atoms with E-state index in [1.54, 1.807) is 67.2 Å². The first-order chi connectivity index (χ1) is 13.5. The second-order valence-corrected chi connectivity index (χ2v) is 6.09. The molecule has 0 N–H and O–H groups in total. The Labute approximate surface area is 162 Å². The van der Waals surface area contributed by atoms with Gasteiger partial charge in [0.05, 0.1) is 13.2 Å². The zero-order valence-electron chi connectivity index (χ0n) is 15.6. The number of carbonyl (C=O) groups is 1. The molecular weight excluding hydrogens is 359 g/mol. The molecule has 3 rings (SSSR count). The lowest BCUT2D eigenvalue weighted by Gasteiger charge is -2.10. The summed E-state index contributed by atoms with van der Waals surface area (Å²) in [6, 6.07) is 13.4. The Hall–Kier alpha value is -3.59. The fraction of sp³-hybridized carbons (Fsp3) is 0.182. The van der Waals surface area contributed by atoms with Crippen LogP contribution < -0.4 is 4.74 Å². The van der Waals surface area contributed by atoms with E-state index in [1.165, 1.54) is 6.07 Å². The van der Waals surface area contributed by atoms with Crippen molar-refractivity contribution in [2.75, 3.05) is 6.61 Å². The van der Waals surface area contributed by atoms with E-state index in [4.69, 9.17) is 16.0 Å². The van der Waals surface area contributed by atoms with Crippen molar-refractivity contribution >= 4 is 11.7 Å². The Balaban J connectivity index is 1.86. The Morgan fingerprint density at radius 2 is 1.89 bits per heavy atom. The summed E-state index contributed by atoms with van der Waals surface area (Å²) >= 11 is 0. The molecule has 3 aromatic rings. The van der Waals surface area contributed by atoms with Crippen LogP contribution >= 0.6 is 0 Å². The SMILES string of the molecule is [C-]#[N+]c1cn(C)c(C(=O)OCC)c1-c1ccc(OCc2ccccc2F)cc1. The van der Waals surface area contributed by atoms with Crippen LogP contribution in [0.25, 0.3) is 16.0 Å². The summed E-state index contributed by atoms with van der Waals surface area (Å²) in [7, 11) is 1.70. The molecule has 1 heterocycles. The maximum Gasteiger partial charge on any atom is 0.354 e. The highest BCUT2D eigenvalue weighted by molar-refractivity contribution is 6.00. The number of benzene rings is 2. The van der Waals surface area contributed by atoms with E-state index in [-0.39, 0.29) is 19.0 Å². The molecule has 0 saturated carbocycles. The minimum absolute atomic E-state index is 0.110. The number of hydrogen-bond acceptors (Lipinski definition) is 3. The van der Waals surface area contributed by atoms with Gasteiger partial charge in [0, 0.05) is 24.4 Å². The first-order valence-corrected chi connectivity index (χ1v) is 8.75. The predicted octanol–water partition coefficient (Wildman–Crippen LogP) is 5.14. The lowest BCUT2D eigenvalue weighted by molar-refractivity contribution is 0.0516. The topological polar surface area (TPSA) is 44.8 Å². The van der Waals surface area contributed by atoms with Crippen molar-refractivity contribution in [3.05, 3.63) is 83.2 Å². The average Bonchev–Trinajstić information content (AvgIpc) is 3.04. The van der Waals surface area contributed by atoms with E-state index >= 15 is 0 Å². The molecule has 0 aliphatic carbocycles. The van der Waals surface area contributed by atoms with Crippen molar-refractivity contribution in [2.24, 2.45) is 7.05 Å². The molecule has 0 spiro atoms. The molecular formula is C22H19FN2O3. The minimum atomic E-state index is -0.477. The van der Waals surface area contributed by atoms with E-state index in [2.05, 4.69) is 4.85 Å². The second kappa shape index (κ2) is 8.40. The van der Waals surface area contributed by atoms with Crippen molar-refractivity contribution in [3.8, 4) is 16.9 Å². The fourth-order valence-corrected chi connectivity index (χ4v) is 2.92. The molecule has 5 nitrogen and oxygen atoms in total. The van der Waals surface area contributed by atoms with Gasteiger partial charge < -0.3 is 14.0 Å². The van der Waals surface area contributed by atoms with Crippen molar-refractivity contribution in [1.29, 1.82) is 0 Å². The second-order valence-electron chi connectivity index (χ2n) is 6.09. The highest BCUT2D eigenvalue weighted by Crippen LogP contribution is 2.36. The summed E-state index contributed by atoms with van der Waals surface area (Å²) in [6.07, 6.45) is 1.61. The van der Waals surface area contributed by atoms with Gasteiger partial charge in [-0.15, -0.1) is 0 Å². The van der Waals surface area contributed by atoms with E-state index < -0.39 is 5.97 Å². The maximum atomic E-state index is 13.7. The molecule has 0 aliphatic heterocycles. The standard InChI is InChI=1S/C22H19FN2O3/c1-4-27-22(26)21-20(19(24-2)13-25(21)3)15-9-11-17(12-10-15)28-14-16-7-5-6-8-18(16)23/h5-13H,4,14H2,1,3H3. The smallest absolute Gasteiger partial charge is 0.354 e. The summed E-state index contributed by atoms with van der Waals surface area (Å²) in [6.45, 7) is 9.50. The first-order valence-electron chi connectivity index (χ1n) is 8.75. The molecule has 0 saturated heterocycles. The van der Waals surface area contributed by atoms with E-state index in [0.29, 0.717) is 33.8 Å². The van der Waals surface area contributed by atoms with Gasteiger partial charge in [-0.25, -0.2) is 14.0 Å². The number of aromatic nitrogens is 1. The lowest BCUT2D eigenvalue weighted by Crippen LogP contribution is -2.10. The van der Waals surface area contributed by atoms with Gasteiger partial charge in [-0.2, -0.15) is 0 Å². The number of nitrogens with zero attached hydrogens (tertiary/aromatic N) is 2. The number of ether oxygens (including phenoxy) is 2. The van der Waals surface area contributed by atoms with Gasteiger partial charge >= 0.3 is 5.97 Å². The van der Waals surface area contributed by atoms with Crippen molar-refractivity contribution < 1.29 is 18.7 Å². The van der Waals surface area contributed by atoms with Crippen LogP contribution in [0, 0.1) is 12.4 Å². The third-order valence-electron chi connectivity index (χ3n) is 4.25. The normalized spacial score (nSPS) is 10.4. The molecule has 1 aromatic heterocycles. The molecule has 0 atom stereocenters. The molecule has 0 bridgehead atoms. The summed E-state index contributed by atoms with van der Waals surface area (Å²) in [4.78, 5) is 15.9. The van der Waals surface area contributed by atoms with Crippen molar-refractivity contribution in [1.82, 2.24) is 4.57 Å². The highest BCUT2D eigenvalue weighted by atomic mass is 19.1. The van der Waals surface area contributed by atoms with E-state index in [1.807, 2.05) is 0 Å². The summed E-state index contributed by atoms with van der Waals surface area (Å²) in [5.41, 5.74) is 2.39. The highest BCUT2D eigenvalue weighted by Gasteiger charge is 2.22. The molecule has 6 heteroatoms. The molecule has 142 valence electrons. The predicted molar refractivity (Wildman–Crippen MR) is 104 cm³/mol. The Morgan fingerprint density at radius 1 is 1.18 bits per heavy atom. The zero-order valence-corrected chi connectivity index (χ0v) is 15.6. The summed E-state index contributed by atoms with van der Waals surface area (Å²) < 4.78 is 26.1. The quantitative estimate of drug-likeness (QED) is 0.441. The monoisotopic (exact) mass is 378 g/mol. The molecule has 0 radical (unpaired) electrons. The third kappa shape index (κ3) is 3.89. The number of hydrogen-bond donors (Lipinski definition) is 0. The largest absolute Gasteiger partial charge is 0.489 e.